The fourth-order valence-corrected chi connectivity index (χ4v) is 5.82. The van der Waals surface area contributed by atoms with Gasteiger partial charge in [-0.25, -0.2) is 15.0 Å². The smallest absolute Gasteiger partial charge is 0.225 e. The summed E-state index contributed by atoms with van der Waals surface area (Å²) in [5.41, 5.74) is 2.00. The van der Waals surface area contributed by atoms with Gasteiger partial charge in [-0.2, -0.15) is 0 Å². The molecule has 178 valence electrons. The van der Waals surface area contributed by atoms with Crippen LogP contribution in [0.25, 0.3) is 10.6 Å². The molecule has 1 aliphatic carbocycles. The van der Waals surface area contributed by atoms with Gasteiger partial charge in [0.2, 0.25) is 5.91 Å². The second kappa shape index (κ2) is 9.77. The van der Waals surface area contributed by atoms with E-state index in [4.69, 9.17) is 9.97 Å². The Hall–Kier alpha value is -2.88. The van der Waals surface area contributed by atoms with Crippen molar-refractivity contribution in [1.29, 1.82) is 0 Å². The van der Waals surface area contributed by atoms with Gasteiger partial charge in [0.15, 0.2) is 0 Å². The van der Waals surface area contributed by atoms with Gasteiger partial charge in [0.25, 0.3) is 0 Å². The lowest BCUT2D eigenvalue weighted by Gasteiger charge is -2.29. The molecule has 34 heavy (non-hydrogen) atoms. The zero-order chi connectivity index (χ0) is 23.7. The van der Waals surface area contributed by atoms with Gasteiger partial charge in [0.05, 0.1) is 27.8 Å². The quantitative estimate of drug-likeness (QED) is 0.514. The molecule has 0 unspecified atom stereocenters. The molecule has 1 saturated heterocycles. The lowest BCUT2D eigenvalue weighted by Crippen LogP contribution is -2.36. The molecule has 1 amide bonds. The van der Waals surface area contributed by atoms with Crippen LogP contribution in [0, 0.1) is 12.8 Å². The number of thiazole rings is 1. The van der Waals surface area contributed by atoms with E-state index >= 15 is 0 Å². The third-order valence-electron chi connectivity index (χ3n) is 6.69. The molecule has 9 heteroatoms. The van der Waals surface area contributed by atoms with Crippen molar-refractivity contribution < 1.29 is 15.0 Å². The van der Waals surface area contributed by atoms with E-state index in [9.17, 15) is 15.0 Å². The van der Waals surface area contributed by atoms with E-state index in [1.165, 1.54) is 0 Å². The molecule has 0 radical (unpaired) electrons. The highest BCUT2D eigenvalue weighted by Crippen LogP contribution is 2.40. The van der Waals surface area contributed by atoms with Gasteiger partial charge in [0, 0.05) is 37.3 Å². The Morgan fingerprint density at radius 3 is 2.56 bits per heavy atom. The summed E-state index contributed by atoms with van der Waals surface area (Å²) in [5.74, 6) is 1.87. The van der Waals surface area contributed by atoms with Crippen LogP contribution in [0.15, 0.2) is 42.7 Å². The van der Waals surface area contributed by atoms with Crippen molar-refractivity contribution in [2.24, 2.45) is 5.92 Å². The summed E-state index contributed by atoms with van der Waals surface area (Å²) in [4.78, 5) is 29.2. The Kier molecular flexibility index (Phi) is 6.58. The van der Waals surface area contributed by atoms with Crippen molar-refractivity contribution in [3.05, 3.63) is 53.3 Å². The Labute approximate surface area is 202 Å². The van der Waals surface area contributed by atoms with Crippen LogP contribution in [0.3, 0.4) is 0 Å². The van der Waals surface area contributed by atoms with Crippen molar-refractivity contribution in [3.8, 4) is 10.6 Å². The average Bonchev–Trinajstić information content (AvgIpc) is 3.46. The predicted molar refractivity (Wildman–Crippen MR) is 131 cm³/mol. The number of pyridine rings is 2. The molecule has 0 bridgehead atoms. The van der Waals surface area contributed by atoms with Gasteiger partial charge < -0.3 is 20.4 Å². The van der Waals surface area contributed by atoms with E-state index < -0.39 is 12.2 Å². The number of aryl methyl sites for hydroxylation is 1. The monoisotopic (exact) mass is 479 g/mol. The van der Waals surface area contributed by atoms with E-state index in [1.54, 1.807) is 22.4 Å². The fourth-order valence-electron chi connectivity index (χ4n) is 4.77. The van der Waals surface area contributed by atoms with Crippen LogP contribution >= 0.6 is 11.3 Å². The Morgan fingerprint density at radius 2 is 1.82 bits per heavy atom. The number of amides is 1. The second-order valence-corrected chi connectivity index (χ2v) is 10.3. The minimum atomic E-state index is -0.829. The normalized spacial score (nSPS) is 24.9. The Balaban J connectivity index is 1.21. The summed E-state index contributed by atoms with van der Waals surface area (Å²) in [6, 6.07) is 9.82. The first kappa shape index (κ1) is 22.9. The molecule has 3 aromatic heterocycles. The molecule has 5 rings (SSSR count). The number of aliphatic hydroxyl groups excluding tert-OH is 2. The van der Waals surface area contributed by atoms with E-state index in [0.29, 0.717) is 5.92 Å². The van der Waals surface area contributed by atoms with Gasteiger partial charge in [-0.15, -0.1) is 11.3 Å². The number of anilines is 2. The largest absolute Gasteiger partial charge is 0.388 e. The maximum atomic E-state index is 12.8. The maximum Gasteiger partial charge on any atom is 0.225 e. The third-order valence-corrected chi connectivity index (χ3v) is 7.88. The first-order valence-electron chi connectivity index (χ1n) is 11.7. The molecule has 3 aromatic rings. The van der Waals surface area contributed by atoms with Crippen molar-refractivity contribution in [1.82, 2.24) is 19.9 Å². The molecular formula is C25H29N5O3S. The summed E-state index contributed by atoms with van der Waals surface area (Å²) >= 11 is 1.67. The van der Waals surface area contributed by atoms with E-state index in [-0.39, 0.29) is 24.9 Å². The molecule has 2 aliphatic rings. The number of aliphatic hydroxyl groups is 2. The average molecular weight is 480 g/mol. The molecule has 0 spiro atoms. The van der Waals surface area contributed by atoms with Crippen molar-refractivity contribution in [2.75, 3.05) is 18.4 Å². The van der Waals surface area contributed by atoms with Crippen molar-refractivity contribution in [3.63, 3.8) is 0 Å². The van der Waals surface area contributed by atoms with Gasteiger partial charge in [-0.3, -0.25) is 4.79 Å². The summed E-state index contributed by atoms with van der Waals surface area (Å²) < 4.78 is 0. The number of hydrogen-bond acceptors (Lipinski definition) is 8. The minimum absolute atomic E-state index is 0.0344. The van der Waals surface area contributed by atoms with Crippen LogP contribution in [-0.4, -0.2) is 61.3 Å². The zero-order valence-corrected chi connectivity index (χ0v) is 19.9. The highest BCUT2D eigenvalue weighted by atomic mass is 32.1. The lowest BCUT2D eigenvalue weighted by atomic mass is 9.81. The standard InChI is InChI=1S/C25H29N5O3S/c1-15-9-10-26-23(11-15)29-22-4-2-3-18(28-22)21-12-27-24(34-21)16-5-7-17(8-6-16)25(33)30-13-19(31)20(32)14-30/h2-4,9-12,16-17,19-20,31-32H,5-8,13-14H2,1H3,(H,26,28,29)/t16?,17?,19-,20+. The summed E-state index contributed by atoms with van der Waals surface area (Å²) in [5, 5.41) is 23.8. The van der Waals surface area contributed by atoms with Crippen LogP contribution in [0.5, 0.6) is 0 Å². The van der Waals surface area contributed by atoms with E-state index in [1.807, 2.05) is 43.5 Å². The van der Waals surface area contributed by atoms with Crippen molar-refractivity contribution >= 4 is 28.9 Å². The number of rotatable bonds is 5. The Bertz CT molecular complexity index is 1150. The highest BCUT2D eigenvalue weighted by molar-refractivity contribution is 7.15. The lowest BCUT2D eigenvalue weighted by molar-refractivity contribution is -0.136. The number of β-amino-alcohol motifs (C(OH)–C–C–N with tert-alkyl or cyclic N) is 2. The molecule has 2 atom stereocenters. The van der Waals surface area contributed by atoms with E-state index in [2.05, 4.69) is 10.3 Å². The minimum Gasteiger partial charge on any atom is -0.388 e. The number of carbonyl (C=O) groups is 1. The first-order valence-corrected chi connectivity index (χ1v) is 12.6. The SMILES string of the molecule is Cc1ccnc(Nc2cccc(-c3cnc(C4CCC(C(=O)N5C[C@@H](O)[C@@H](O)C5)CC4)s3)n2)c1. The number of aromatic nitrogens is 3. The summed E-state index contributed by atoms with van der Waals surface area (Å²) in [7, 11) is 0. The van der Waals surface area contributed by atoms with Gasteiger partial charge in [0.1, 0.15) is 11.6 Å². The third kappa shape index (κ3) is 4.96. The summed E-state index contributed by atoms with van der Waals surface area (Å²) in [6.45, 7) is 2.49. The maximum absolute atomic E-state index is 12.8. The first-order chi connectivity index (χ1) is 16.5. The molecule has 8 nitrogen and oxygen atoms in total. The van der Waals surface area contributed by atoms with Gasteiger partial charge in [-0.05, 0) is 62.4 Å². The van der Waals surface area contributed by atoms with Gasteiger partial charge in [-0.1, -0.05) is 6.07 Å². The molecule has 1 aliphatic heterocycles. The van der Waals surface area contributed by atoms with Crippen LogP contribution in [-0.2, 0) is 4.79 Å². The summed E-state index contributed by atoms with van der Waals surface area (Å²) in [6.07, 6.45) is 5.45. The van der Waals surface area contributed by atoms with E-state index in [0.717, 1.165) is 58.5 Å². The zero-order valence-electron chi connectivity index (χ0n) is 19.1. The van der Waals surface area contributed by atoms with Crippen LogP contribution in [0.1, 0.15) is 42.2 Å². The highest BCUT2D eigenvalue weighted by Gasteiger charge is 2.37. The predicted octanol–water partition coefficient (Wildman–Crippen LogP) is 3.49. The molecule has 0 aromatic carbocycles. The molecule has 4 heterocycles. The number of nitrogens with one attached hydrogen (secondary N) is 1. The van der Waals surface area contributed by atoms with Gasteiger partial charge >= 0.3 is 0 Å². The van der Waals surface area contributed by atoms with Crippen LogP contribution < -0.4 is 5.32 Å². The number of hydrogen-bond donors (Lipinski definition) is 3. The number of likely N-dealkylation sites (tertiary alicyclic amines) is 1. The Morgan fingerprint density at radius 1 is 1.06 bits per heavy atom. The van der Waals surface area contributed by atoms with Crippen LogP contribution in [0.4, 0.5) is 11.6 Å². The molecule has 2 fully saturated rings. The number of nitrogens with zero attached hydrogens (tertiary/aromatic N) is 4. The number of carbonyl (C=O) groups excluding carboxylic acids is 1. The molecular weight excluding hydrogens is 450 g/mol. The van der Waals surface area contributed by atoms with Crippen LogP contribution in [0.2, 0.25) is 0 Å². The van der Waals surface area contributed by atoms with Crippen molar-refractivity contribution in [2.45, 2.75) is 50.7 Å². The second-order valence-electron chi connectivity index (χ2n) is 9.24. The topological polar surface area (TPSA) is 111 Å². The fraction of sp³-hybridized carbons (Fsp3) is 0.440. The molecule has 3 N–H and O–H groups in total. The molecule has 1 saturated carbocycles.